The lowest BCUT2D eigenvalue weighted by Gasteiger charge is -2.34. The molecule has 0 aliphatic carbocycles. The lowest BCUT2D eigenvalue weighted by Crippen LogP contribution is -2.55. The van der Waals surface area contributed by atoms with Gasteiger partial charge in [0.25, 0.3) is 0 Å². The second-order valence-electron chi connectivity index (χ2n) is 15.9. The molecule has 16 heteroatoms. The zero-order valence-electron chi connectivity index (χ0n) is 33.9. The third kappa shape index (κ3) is 13.5. The van der Waals surface area contributed by atoms with Crippen LogP contribution in [0.2, 0.25) is 0 Å². The van der Waals surface area contributed by atoms with Gasteiger partial charge in [0.2, 0.25) is 23.6 Å². The number of nitrogens with zero attached hydrogens (tertiary/aromatic N) is 4. The highest BCUT2D eigenvalue weighted by atomic mass is 16.6. The van der Waals surface area contributed by atoms with Crippen LogP contribution in [0.5, 0.6) is 0 Å². The summed E-state index contributed by atoms with van der Waals surface area (Å²) in [5, 5.41) is 11.7. The molecule has 2 aliphatic rings. The number of anilines is 1. The number of nitrogens with one attached hydrogen (secondary N) is 3. The lowest BCUT2D eigenvalue weighted by atomic mass is 9.92. The molecule has 308 valence electrons. The Labute approximate surface area is 329 Å². The number of hydrogen-bond acceptors (Lipinski definition) is 12. The minimum Gasteiger partial charge on any atom is -0.456 e. The van der Waals surface area contributed by atoms with E-state index in [1.807, 2.05) is 44.9 Å². The van der Waals surface area contributed by atoms with Crippen molar-refractivity contribution in [2.24, 2.45) is 11.8 Å². The Kier molecular flexibility index (Phi) is 16.1. The van der Waals surface area contributed by atoms with E-state index in [2.05, 4.69) is 39.9 Å². The Bertz CT molecular complexity index is 1680. The number of hydrogen-bond donors (Lipinski definition) is 3. The van der Waals surface area contributed by atoms with E-state index in [0.29, 0.717) is 24.2 Å². The number of Topliss-reactive ketones (excluding diaryl/α,β-unsaturated/α-hetero) is 1. The number of carbonyl (C=O) groups is 6. The van der Waals surface area contributed by atoms with E-state index in [9.17, 15) is 28.8 Å². The summed E-state index contributed by atoms with van der Waals surface area (Å²) in [4.78, 5) is 84.9. The molecule has 4 rings (SSSR count). The van der Waals surface area contributed by atoms with Crippen molar-refractivity contribution in [2.75, 3.05) is 64.4 Å². The Hall–Kier alpha value is -4.67. The SMILES string of the molecule is Cc1ccccc1N(C(=O)CNC(=O)C(CC(C)C)NC(=O)CNC(=O)Cc1cc(COC(=O)CN2CCN(C)CC2)on1)C(CCC(C)C)C(=O)C1(C)CO1. The highest BCUT2D eigenvalue weighted by molar-refractivity contribution is 6.06. The summed E-state index contributed by atoms with van der Waals surface area (Å²) in [6.07, 6.45) is 1.20. The number of aryl methyl sites for hydroxylation is 1. The maximum atomic E-state index is 14.0. The van der Waals surface area contributed by atoms with Crippen LogP contribution >= 0.6 is 0 Å². The average molecular weight is 782 g/mol. The number of esters is 1. The number of benzene rings is 1. The van der Waals surface area contributed by atoms with Crippen LogP contribution in [0.4, 0.5) is 5.69 Å². The van der Waals surface area contributed by atoms with E-state index in [1.165, 1.54) is 11.0 Å². The predicted octanol–water partition coefficient (Wildman–Crippen LogP) is 1.78. The molecule has 56 heavy (non-hydrogen) atoms. The lowest BCUT2D eigenvalue weighted by molar-refractivity contribution is -0.147. The van der Waals surface area contributed by atoms with Crippen LogP contribution in [0.25, 0.3) is 0 Å². The van der Waals surface area contributed by atoms with Gasteiger partial charge in [0.05, 0.1) is 44.4 Å². The predicted molar refractivity (Wildman–Crippen MR) is 207 cm³/mol. The molecule has 0 spiro atoms. The third-order valence-electron chi connectivity index (χ3n) is 9.87. The molecule has 2 saturated heterocycles. The first-order valence-electron chi connectivity index (χ1n) is 19.4. The number of ether oxygens (including phenoxy) is 2. The van der Waals surface area contributed by atoms with Gasteiger partial charge in [-0.25, -0.2) is 0 Å². The van der Waals surface area contributed by atoms with Gasteiger partial charge in [-0.3, -0.25) is 33.7 Å². The summed E-state index contributed by atoms with van der Waals surface area (Å²) in [7, 11) is 2.04. The van der Waals surface area contributed by atoms with E-state index in [-0.39, 0.29) is 61.9 Å². The fourth-order valence-corrected chi connectivity index (χ4v) is 6.40. The number of carbonyl (C=O) groups excluding carboxylic acids is 6. The summed E-state index contributed by atoms with van der Waals surface area (Å²) >= 11 is 0. The van der Waals surface area contributed by atoms with Crippen molar-refractivity contribution in [3.05, 3.63) is 47.3 Å². The summed E-state index contributed by atoms with van der Waals surface area (Å²) in [5.74, 6) is -2.15. The number of para-hydroxylation sites is 1. The topological polar surface area (TPSA) is 196 Å². The molecule has 3 atom stereocenters. The molecular formula is C40H59N7O9. The van der Waals surface area contributed by atoms with Crippen molar-refractivity contribution < 1.29 is 42.8 Å². The zero-order valence-corrected chi connectivity index (χ0v) is 33.9. The van der Waals surface area contributed by atoms with Crippen LogP contribution in [-0.4, -0.2) is 127 Å². The van der Waals surface area contributed by atoms with Crippen LogP contribution in [0, 0.1) is 18.8 Å². The van der Waals surface area contributed by atoms with Gasteiger partial charge < -0.3 is 39.7 Å². The molecule has 0 radical (unpaired) electrons. The Morgan fingerprint density at radius 3 is 2.29 bits per heavy atom. The van der Waals surface area contributed by atoms with E-state index < -0.39 is 54.4 Å². The monoisotopic (exact) mass is 781 g/mol. The van der Waals surface area contributed by atoms with Gasteiger partial charge in [-0.05, 0) is 63.6 Å². The normalized spacial score (nSPS) is 18.2. The second kappa shape index (κ2) is 20.5. The van der Waals surface area contributed by atoms with Crippen LogP contribution in [0.15, 0.2) is 34.9 Å². The third-order valence-corrected chi connectivity index (χ3v) is 9.87. The molecule has 2 aromatic rings. The van der Waals surface area contributed by atoms with Gasteiger partial charge in [0.15, 0.2) is 18.2 Å². The fourth-order valence-electron chi connectivity index (χ4n) is 6.40. The highest BCUT2D eigenvalue weighted by Crippen LogP contribution is 2.34. The number of ketones is 1. The van der Waals surface area contributed by atoms with Crippen LogP contribution in [0.1, 0.15) is 70.9 Å². The van der Waals surface area contributed by atoms with Crippen molar-refractivity contribution in [3.8, 4) is 0 Å². The molecule has 4 amide bonds. The number of aromatic nitrogens is 1. The molecule has 3 N–H and O–H groups in total. The number of likely N-dealkylation sites (N-methyl/N-ethyl adjacent to an activating group) is 1. The number of epoxide rings is 1. The number of amides is 4. The maximum absolute atomic E-state index is 14.0. The van der Waals surface area contributed by atoms with Crippen molar-refractivity contribution in [1.29, 1.82) is 0 Å². The summed E-state index contributed by atoms with van der Waals surface area (Å²) < 4.78 is 16.0. The molecule has 2 fully saturated rings. The summed E-state index contributed by atoms with van der Waals surface area (Å²) in [5.41, 5.74) is 0.696. The van der Waals surface area contributed by atoms with Crippen molar-refractivity contribution >= 4 is 41.1 Å². The fraction of sp³-hybridized carbons (Fsp3) is 0.625. The second-order valence-corrected chi connectivity index (χ2v) is 15.9. The molecular weight excluding hydrogens is 722 g/mol. The average Bonchev–Trinajstić information content (AvgIpc) is 3.75. The number of piperazine rings is 1. The largest absolute Gasteiger partial charge is 0.456 e. The molecule has 1 aromatic heterocycles. The van der Waals surface area contributed by atoms with Gasteiger partial charge in [0.1, 0.15) is 11.6 Å². The summed E-state index contributed by atoms with van der Waals surface area (Å²) in [6, 6.07) is 7.01. The molecule has 0 bridgehead atoms. The minimum absolute atomic E-state index is 0.00421. The molecule has 0 saturated carbocycles. The van der Waals surface area contributed by atoms with Gasteiger partial charge >= 0.3 is 5.97 Å². The molecule has 1 aromatic carbocycles. The van der Waals surface area contributed by atoms with Gasteiger partial charge in [-0.2, -0.15) is 0 Å². The van der Waals surface area contributed by atoms with E-state index in [4.69, 9.17) is 14.0 Å². The summed E-state index contributed by atoms with van der Waals surface area (Å²) in [6.45, 7) is 14.3. The smallest absolute Gasteiger partial charge is 0.320 e. The molecule has 16 nitrogen and oxygen atoms in total. The van der Waals surface area contributed by atoms with E-state index >= 15 is 0 Å². The maximum Gasteiger partial charge on any atom is 0.320 e. The Morgan fingerprint density at radius 1 is 0.946 bits per heavy atom. The first-order chi connectivity index (χ1) is 26.5. The van der Waals surface area contributed by atoms with Gasteiger partial charge in [-0.15, -0.1) is 0 Å². The first kappa shape index (κ1) is 44.0. The van der Waals surface area contributed by atoms with Crippen LogP contribution in [0.3, 0.4) is 0 Å². The molecule has 3 unspecified atom stereocenters. The van der Waals surface area contributed by atoms with Crippen LogP contribution in [-0.2, 0) is 51.3 Å². The van der Waals surface area contributed by atoms with Crippen molar-refractivity contribution in [3.63, 3.8) is 0 Å². The first-order valence-corrected chi connectivity index (χ1v) is 19.4. The molecule has 2 aliphatic heterocycles. The van der Waals surface area contributed by atoms with Crippen molar-refractivity contribution in [1.82, 2.24) is 30.9 Å². The quantitative estimate of drug-likeness (QED) is 0.123. The Balaban J connectivity index is 1.29. The zero-order chi connectivity index (χ0) is 41.0. The highest BCUT2D eigenvalue weighted by Gasteiger charge is 2.51. The van der Waals surface area contributed by atoms with Gasteiger partial charge in [-0.1, -0.05) is 51.1 Å². The minimum atomic E-state index is -0.992. The van der Waals surface area contributed by atoms with Crippen LogP contribution < -0.4 is 20.9 Å². The Morgan fingerprint density at radius 2 is 1.64 bits per heavy atom. The number of rotatable bonds is 21. The van der Waals surface area contributed by atoms with E-state index in [1.54, 1.807) is 19.1 Å². The van der Waals surface area contributed by atoms with Gasteiger partial charge in [0, 0.05) is 37.9 Å². The van der Waals surface area contributed by atoms with E-state index in [0.717, 1.165) is 31.7 Å². The van der Waals surface area contributed by atoms with Crippen molar-refractivity contribution in [2.45, 2.75) is 91.5 Å². The standard InChI is InChI=1S/C40H59N7O9/c1-26(2)12-13-33(38(52)40(6)25-55-40)47(32-11-9-8-10-28(32)5)36(50)22-42-39(53)31(18-27(3)4)43-35(49)21-41-34(48)20-29-19-30(56-44-29)24-54-37(51)23-46-16-14-45(7)15-17-46/h8-11,19,26-27,31,33H,12-18,20-25H2,1-7H3,(H,41,48)(H,42,53)(H,43,49). The molecule has 3 heterocycles.